The van der Waals surface area contributed by atoms with Crippen molar-refractivity contribution in [3.8, 4) is 11.3 Å². The number of halogens is 1. The predicted molar refractivity (Wildman–Crippen MR) is 68.7 cm³/mol. The molecule has 0 amide bonds. The van der Waals surface area contributed by atoms with E-state index in [4.69, 9.17) is 11.6 Å². The molecule has 0 saturated carbocycles. The Labute approximate surface area is 108 Å². The van der Waals surface area contributed by atoms with Crippen LogP contribution in [0.2, 0.25) is 5.15 Å². The molecule has 90 valence electrons. The summed E-state index contributed by atoms with van der Waals surface area (Å²) in [7, 11) is 0. The first kappa shape index (κ1) is 11.0. The SMILES string of the molecule is Cc1nc(Cl)c2[nH]c(-c3ccccc3)cc2[n+]1O. The van der Waals surface area contributed by atoms with Crippen molar-refractivity contribution in [2.24, 2.45) is 0 Å². The number of aromatic amines is 1. The molecule has 3 rings (SSSR count). The van der Waals surface area contributed by atoms with Gasteiger partial charge in [0.1, 0.15) is 0 Å². The van der Waals surface area contributed by atoms with Crippen LogP contribution in [-0.4, -0.2) is 15.2 Å². The minimum atomic E-state index is 0.356. The molecule has 1 aromatic carbocycles. The molecule has 0 aliphatic carbocycles. The number of fused-ring (bicyclic) bond motifs is 1. The van der Waals surface area contributed by atoms with Crippen LogP contribution >= 0.6 is 11.6 Å². The monoisotopic (exact) mass is 260 g/mol. The van der Waals surface area contributed by atoms with E-state index >= 15 is 0 Å². The standard InChI is InChI=1S/C13H10ClN3O/c1-8-15-13(14)12-11(17(8)18)7-10(16-12)9-5-3-2-4-6-9/h2-7,18H,1H3/p+1. The van der Waals surface area contributed by atoms with Crippen molar-refractivity contribution in [2.45, 2.75) is 6.92 Å². The van der Waals surface area contributed by atoms with Crippen LogP contribution in [0.1, 0.15) is 5.82 Å². The molecule has 0 radical (unpaired) electrons. The van der Waals surface area contributed by atoms with E-state index in [9.17, 15) is 5.21 Å². The fourth-order valence-electron chi connectivity index (χ4n) is 1.96. The molecule has 0 fully saturated rings. The summed E-state index contributed by atoms with van der Waals surface area (Å²) in [6.45, 7) is 1.69. The van der Waals surface area contributed by atoms with Crippen LogP contribution < -0.4 is 4.73 Å². The van der Waals surface area contributed by atoms with Crippen molar-refractivity contribution >= 4 is 22.6 Å². The summed E-state index contributed by atoms with van der Waals surface area (Å²) >= 11 is 6.07. The normalized spacial score (nSPS) is 11.0. The highest BCUT2D eigenvalue weighted by atomic mass is 35.5. The minimum absolute atomic E-state index is 0.356. The highest BCUT2D eigenvalue weighted by Gasteiger charge is 2.20. The summed E-state index contributed by atoms with van der Waals surface area (Å²) < 4.78 is 1.03. The quantitative estimate of drug-likeness (QED) is 0.402. The molecule has 18 heavy (non-hydrogen) atoms. The smallest absolute Gasteiger partial charge is 0.336 e. The summed E-state index contributed by atoms with van der Waals surface area (Å²) in [6, 6.07) is 11.7. The number of H-pyrrole nitrogens is 1. The molecule has 0 saturated heterocycles. The topological polar surface area (TPSA) is 52.8 Å². The van der Waals surface area contributed by atoms with Crippen molar-refractivity contribution in [2.75, 3.05) is 0 Å². The Morgan fingerprint density at radius 1 is 1.28 bits per heavy atom. The molecule has 2 aromatic heterocycles. The van der Waals surface area contributed by atoms with E-state index in [1.54, 1.807) is 6.92 Å². The average Bonchev–Trinajstić information content (AvgIpc) is 2.83. The molecular weight excluding hydrogens is 250 g/mol. The second-order valence-corrected chi connectivity index (χ2v) is 4.43. The maximum absolute atomic E-state index is 9.92. The first-order valence-corrected chi connectivity index (χ1v) is 5.90. The Hall–Kier alpha value is -2.07. The van der Waals surface area contributed by atoms with Crippen LogP contribution in [0.4, 0.5) is 0 Å². The van der Waals surface area contributed by atoms with Gasteiger partial charge in [-0.15, -0.1) is 0 Å². The molecule has 0 aliphatic heterocycles. The zero-order valence-corrected chi connectivity index (χ0v) is 10.4. The number of rotatable bonds is 1. The van der Waals surface area contributed by atoms with Crippen molar-refractivity contribution in [1.82, 2.24) is 9.97 Å². The van der Waals surface area contributed by atoms with Crippen LogP contribution in [0, 0.1) is 6.92 Å². The van der Waals surface area contributed by atoms with Crippen LogP contribution in [0.3, 0.4) is 0 Å². The van der Waals surface area contributed by atoms with Crippen LogP contribution in [0.15, 0.2) is 36.4 Å². The van der Waals surface area contributed by atoms with Crippen molar-refractivity contribution in [3.63, 3.8) is 0 Å². The zero-order chi connectivity index (χ0) is 12.7. The second kappa shape index (κ2) is 3.99. The highest BCUT2D eigenvalue weighted by molar-refractivity contribution is 6.33. The Bertz CT molecular complexity index is 722. The molecule has 2 N–H and O–H groups in total. The first-order valence-electron chi connectivity index (χ1n) is 5.52. The summed E-state index contributed by atoms with van der Waals surface area (Å²) in [4.78, 5) is 7.23. The van der Waals surface area contributed by atoms with E-state index in [0.29, 0.717) is 22.0 Å². The highest BCUT2D eigenvalue weighted by Crippen LogP contribution is 2.25. The van der Waals surface area contributed by atoms with Gasteiger partial charge in [-0.05, 0) is 26.9 Å². The maximum Gasteiger partial charge on any atom is 0.336 e. The van der Waals surface area contributed by atoms with Gasteiger partial charge >= 0.3 is 5.82 Å². The minimum Gasteiger partial charge on any atom is -0.349 e. The third-order valence-corrected chi connectivity index (χ3v) is 3.16. The van der Waals surface area contributed by atoms with Crippen LogP contribution in [0.25, 0.3) is 22.3 Å². The number of nitrogens with one attached hydrogen (secondary N) is 1. The first-order chi connectivity index (χ1) is 8.66. The lowest BCUT2D eigenvalue weighted by Gasteiger charge is -1.94. The molecule has 4 nitrogen and oxygen atoms in total. The summed E-state index contributed by atoms with van der Waals surface area (Å²) in [5, 5.41) is 10.3. The summed E-state index contributed by atoms with van der Waals surface area (Å²) in [5.74, 6) is 0.450. The van der Waals surface area contributed by atoms with Gasteiger partial charge in [0.25, 0.3) is 5.15 Å². The summed E-state index contributed by atoms with van der Waals surface area (Å²) in [6.07, 6.45) is 0. The number of benzene rings is 1. The lowest BCUT2D eigenvalue weighted by molar-refractivity contribution is -0.890. The molecule has 0 bridgehead atoms. The largest absolute Gasteiger partial charge is 0.349 e. The molecule has 5 heteroatoms. The second-order valence-electron chi connectivity index (χ2n) is 4.07. The van der Waals surface area contributed by atoms with E-state index in [1.807, 2.05) is 36.4 Å². The fraction of sp³-hybridized carbons (Fsp3) is 0.0769. The molecule has 0 atom stereocenters. The number of aryl methyl sites for hydroxylation is 1. The molecule has 2 heterocycles. The van der Waals surface area contributed by atoms with Crippen molar-refractivity contribution < 1.29 is 9.94 Å². The van der Waals surface area contributed by atoms with Gasteiger partial charge in [-0.25, -0.2) is 0 Å². The molecule has 0 unspecified atom stereocenters. The Morgan fingerprint density at radius 3 is 2.72 bits per heavy atom. The van der Waals surface area contributed by atoms with Gasteiger partial charge in [0.15, 0.2) is 5.52 Å². The number of hydrogen-bond acceptors (Lipinski definition) is 2. The van der Waals surface area contributed by atoms with Gasteiger partial charge in [-0.1, -0.05) is 30.3 Å². The average molecular weight is 261 g/mol. The number of hydrogen-bond donors (Lipinski definition) is 2. The molecule has 0 spiro atoms. The van der Waals surface area contributed by atoms with Gasteiger partial charge in [0.05, 0.1) is 5.69 Å². The Balaban J connectivity index is 2.29. The van der Waals surface area contributed by atoms with Crippen molar-refractivity contribution in [1.29, 1.82) is 0 Å². The Morgan fingerprint density at radius 2 is 2.00 bits per heavy atom. The van der Waals surface area contributed by atoms with E-state index < -0.39 is 0 Å². The van der Waals surface area contributed by atoms with Gasteiger partial charge < -0.3 is 10.2 Å². The maximum atomic E-state index is 9.92. The van der Waals surface area contributed by atoms with Gasteiger partial charge in [0.2, 0.25) is 5.52 Å². The lowest BCUT2D eigenvalue weighted by Crippen LogP contribution is -2.35. The number of nitrogens with zero attached hydrogens (tertiary/aromatic N) is 2. The van der Waals surface area contributed by atoms with E-state index in [2.05, 4.69) is 9.97 Å². The van der Waals surface area contributed by atoms with Crippen LogP contribution in [0.5, 0.6) is 0 Å². The third-order valence-electron chi connectivity index (χ3n) is 2.88. The number of aromatic nitrogens is 3. The van der Waals surface area contributed by atoms with E-state index in [0.717, 1.165) is 16.0 Å². The van der Waals surface area contributed by atoms with E-state index in [1.165, 1.54) is 0 Å². The molecular formula is C13H11ClN3O+. The predicted octanol–water partition coefficient (Wildman–Crippen LogP) is 2.72. The van der Waals surface area contributed by atoms with Gasteiger partial charge in [-0.2, -0.15) is 0 Å². The fourth-order valence-corrected chi connectivity index (χ4v) is 2.23. The van der Waals surface area contributed by atoms with Gasteiger partial charge in [-0.3, -0.25) is 0 Å². The summed E-state index contributed by atoms with van der Waals surface area (Å²) in [5.41, 5.74) is 3.17. The zero-order valence-electron chi connectivity index (χ0n) is 9.68. The van der Waals surface area contributed by atoms with Crippen molar-refractivity contribution in [3.05, 3.63) is 47.4 Å². The third kappa shape index (κ3) is 1.62. The van der Waals surface area contributed by atoms with E-state index in [-0.39, 0.29) is 0 Å². The lowest BCUT2D eigenvalue weighted by atomic mass is 10.2. The Kier molecular flexibility index (Phi) is 2.45. The molecule has 3 aromatic rings. The molecule has 0 aliphatic rings. The van der Waals surface area contributed by atoms with Crippen LogP contribution in [-0.2, 0) is 0 Å². The van der Waals surface area contributed by atoms with Gasteiger partial charge in [0, 0.05) is 13.0 Å².